The van der Waals surface area contributed by atoms with Crippen LogP contribution in [-0.4, -0.2) is 90.7 Å². The van der Waals surface area contributed by atoms with Crippen molar-refractivity contribution in [2.45, 2.75) is 77.0 Å². The maximum Gasteiger partial charge on any atom is 0.305 e. The number of benzene rings is 1. The minimum Gasteiger partial charge on any atom is -0.481 e. The molecule has 4 atom stereocenters. The van der Waals surface area contributed by atoms with Crippen LogP contribution in [0.3, 0.4) is 0 Å². The summed E-state index contributed by atoms with van der Waals surface area (Å²) in [5.41, 5.74) is 0.156. The lowest BCUT2D eigenvalue weighted by Gasteiger charge is -2.26. The van der Waals surface area contributed by atoms with Gasteiger partial charge in [0.15, 0.2) is 0 Å². The number of rotatable bonds is 19. The zero-order valence-corrected chi connectivity index (χ0v) is 26.3. The molecule has 2 aromatic rings. The highest BCUT2D eigenvalue weighted by Crippen LogP contribution is 2.16. The van der Waals surface area contributed by atoms with E-state index in [-0.39, 0.29) is 36.6 Å². The molecule has 0 spiro atoms. The number of anilines is 1. The number of nitrogens with one attached hydrogen (secondary N) is 6. The molecular weight excluding hydrogens is 636 g/mol. The Bertz CT molecular complexity index is 1480. The van der Waals surface area contributed by atoms with Crippen LogP contribution in [0.1, 0.15) is 52.1 Å². The van der Waals surface area contributed by atoms with Crippen LogP contribution in [0.25, 0.3) is 0 Å². The summed E-state index contributed by atoms with van der Waals surface area (Å²) in [6, 6.07) is -1.06. The third-order valence-corrected chi connectivity index (χ3v) is 6.65. The Balaban J connectivity index is 2.31. The number of non-ortho nitro benzene ring substituents is 1. The Morgan fingerprint density at radius 3 is 1.94 bits per heavy atom. The fourth-order valence-electron chi connectivity index (χ4n) is 4.41. The highest BCUT2D eigenvalue weighted by atomic mass is 16.6. The van der Waals surface area contributed by atoms with Gasteiger partial charge in [-0.05, 0) is 30.9 Å². The number of aliphatic carboxylic acids is 2. The molecule has 0 aliphatic rings. The van der Waals surface area contributed by atoms with E-state index in [9.17, 15) is 53.9 Å². The molecule has 0 saturated heterocycles. The van der Waals surface area contributed by atoms with Crippen molar-refractivity contribution in [3.63, 3.8) is 0 Å². The van der Waals surface area contributed by atoms with Gasteiger partial charge < -0.3 is 41.8 Å². The van der Waals surface area contributed by atoms with Crippen LogP contribution in [-0.2, 0) is 40.0 Å². The van der Waals surface area contributed by atoms with Crippen molar-refractivity contribution in [2.24, 2.45) is 5.92 Å². The average Bonchev–Trinajstić information content (AvgIpc) is 3.50. The van der Waals surface area contributed by atoms with E-state index in [0.29, 0.717) is 5.69 Å². The minimum absolute atomic E-state index is 0.0438. The van der Waals surface area contributed by atoms with Gasteiger partial charge >= 0.3 is 11.9 Å². The SMILES string of the molecule is CC(=O)N[C@@H](CC(C)C)C(=O)N[C@@H](CCC(=O)O)C(=O)N[C@@H](Cc1cnc[nH]1)C(=O)N[C@@H](CC(=O)O)C(=O)Nc1ccc([N+](=O)[O-])cc1. The number of aromatic nitrogens is 2. The number of nitrogens with zero attached hydrogens (tertiary/aromatic N) is 2. The molecule has 1 heterocycles. The zero-order chi connectivity index (χ0) is 36.0. The van der Waals surface area contributed by atoms with Crippen molar-refractivity contribution in [3.8, 4) is 0 Å². The molecule has 8 N–H and O–H groups in total. The molecule has 0 unspecified atom stereocenters. The summed E-state index contributed by atoms with van der Waals surface area (Å²) in [6.45, 7) is 4.82. The summed E-state index contributed by atoms with van der Waals surface area (Å²) in [7, 11) is 0. The summed E-state index contributed by atoms with van der Waals surface area (Å²) in [5.74, 6) is -7.01. The lowest BCUT2D eigenvalue weighted by molar-refractivity contribution is -0.384. The molecule has 0 aliphatic carbocycles. The van der Waals surface area contributed by atoms with Crippen LogP contribution in [0.2, 0.25) is 0 Å². The van der Waals surface area contributed by atoms with Crippen molar-refractivity contribution in [1.29, 1.82) is 0 Å². The quantitative estimate of drug-likeness (QED) is 0.0713. The standard InChI is InChI=1S/C29H38N8O11/c1-15(2)10-21(32-16(3)38)28(45)34-20(8-9-24(39)40)26(43)35-22(11-18-13-30-14-31-18)29(46)36-23(12-25(41)42)27(44)33-17-4-6-19(7-5-17)37(47)48/h4-7,13-15,20-23H,8-12H2,1-3H3,(H,30,31)(H,32,38)(H,33,44)(H,34,45)(H,35,43)(H,36,46)(H,39,40)(H,41,42)/t20-,21-,22-,23-/m0/s1. The molecule has 0 saturated carbocycles. The second-order valence-electron chi connectivity index (χ2n) is 11.2. The number of nitro benzene ring substituents is 1. The van der Waals surface area contributed by atoms with Crippen LogP contribution in [0.15, 0.2) is 36.8 Å². The van der Waals surface area contributed by atoms with E-state index in [1.54, 1.807) is 13.8 Å². The van der Waals surface area contributed by atoms with E-state index in [2.05, 4.69) is 36.6 Å². The molecule has 0 radical (unpaired) electrons. The molecule has 5 amide bonds. The number of carbonyl (C=O) groups excluding carboxylic acids is 5. The number of carboxylic acids is 2. The zero-order valence-electron chi connectivity index (χ0n) is 26.3. The van der Waals surface area contributed by atoms with Crippen LogP contribution >= 0.6 is 0 Å². The molecule has 19 heteroatoms. The van der Waals surface area contributed by atoms with Gasteiger partial charge in [-0.15, -0.1) is 0 Å². The smallest absolute Gasteiger partial charge is 0.305 e. The van der Waals surface area contributed by atoms with Crippen LogP contribution in [0.5, 0.6) is 0 Å². The number of aromatic amines is 1. The lowest BCUT2D eigenvalue weighted by Crippen LogP contribution is -2.58. The summed E-state index contributed by atoms with van der Waals surface area (Å²) >= 11 is 0. The second kappa shape index (κ2) is 18.3. The van der Waals surface area contributed by atoms with E-state index in [1.165, 1.54) is 31.6 Å². The van der Waals surface area contributed by atoms with Gasteiger partial charge in [-0.25, -0.2) is 4.98 Å². The Kier molecular flexibility index (Phi) is 14.6. The number of nitro groups is 1. The third-order valence-electron chi connectivity index (χ3n) is 6.65. The summed E-state index contributed by atoms with van der Waals surface area (Å²) in [6.07, 6.45) is 0.777. The van der Waals surface area contributed by atoms with E-state index >= 15 is 0 Å². The average molecular weight is 675 g/mol. The molecular formula is C29H38N8O11. The number of hydrogen-bond acceptors (Lipinski definition) is 10. The number of carboxylic acid groups (broad SMARTS) is 2. The van der Waals surface area contributed by atoms with Crippen molar-refractivity contribution < 1.29 is 48.7 Å². The number of amides is 5. The molecule has 0 aliphatic heterocycles. The van der Waals surface area contributed by atoms with Gasteiger partial charge in [0.1, 0.15) is 24.2 Å². The first-order valence-corrected chi connectivity index (χ1v) is 14.7. The van der Waals surface area contributed by atoms with Gasteiger partial charge in [-0.1, -0.05) is 13.8 Å². The maximum atomic E-state index is 13.5. The summed E-state index contributed by atoms with van der Waals surface area (Å²) < 4.78 is 0. The number of carbonyl (C=O) groups is 7. The Hall–Kier alpha value is -5.88. The van der Waals surface area contributed by atoms with Gasteiger partial charge in [-0.2, -0.15) is 0 Å². The molecule has 1 aromatic heterocycles. The third kappa shape index (κ3) is 13.2. The van der Waals surface area contributed by atoms with Gasteiger partial charge in [0.2, 0.25) is 29.5 Å². The Morgan fingerprint density at radius 2 is 1.42 bits per heavy atom. The molecule has 0 fully saturated rings. The van der Waals surface area contributed by atoms with E-state index < -0.39 is 83.4 Å². The number of hydrogen-bond donors (Lipinski definition) is 8. The fourth-order valence-corrected chi connectivity index (χ4v) is 4.41. The van der Waals surface area contributed by atoms with E-state index in [0.717, 1.165) is 12.1 Å². The van der Waals surface area contributed by atoms with Crippen LogP contribution < -0.4 is 26.6 Å². The van der Waals surface area contributed by atoms with Crippen LogP contribution in [0, 0.1) is 16.0 Å². The minimum atomic E-state index is -1.68. The first-order chi connectivity index (χ1) is 22.5. The highest BCUT2D eigenvalue weighted by Gasteiger charge is 2.33. The Labute approximate surface area is 273 Å². The second-order valence-corrected chi connectivity index (χ2v) is 11.2. The Morgan fingerprint density at radius 1 is 0.833 bits per heavy atom. The summed E-state index contributed by atoms with van der Waals surface area (Å²) in [5, 5.41) is 41.6. The maximum absolute atomic E-state index is 13.5. The van der Waals surface area contributed by atoms with Gasteiger partial charge in [-0.3, -0.25) is 43.7 Å². The summed E-state index contributed by atoms with van der Waals surface area (Å²) in [4.78, 5) is 105. The van der Waals surface area contributed by atoms with Crippen LogP contribution in [0.4, 0.5) is 11.4 Å². The normalized spacial score (nSPS) is 13.2. The van der Waals surface area contributed by atoms with E-state index in [4.69, 9.17) is 0 Å². The van der Waals surface area contributed by atoms with Crippen molar-refractivity contribution in [2.75, 3.05) is 5.32 Å². The monoisotopic (exact) mass is 674 g/mol. The largest absolute Gasteiger partial charge is 0.481 e. The first kappa shape index (κ1) is 38.3. The molecule has 19 nitrogen and oxygen atoms in total. The van der Waals surface area contributed by atoms with Gasteiger partial charge in [0.05, 0.1) is 17.7 Å². The van der Waals surface area contributed by atoms with E-state index in [1.807, 2.05) is 0 Å². The lowest BCUT2D eigenvalue weighted by atomic mass is 10.0. The first-order valence-electron chi connectivity index (χ1n) is 14.7. The van der Waals surface area contributed by atoms with Crippen molar-refractivity contribution in [3.05, 3.63) is 52.6 Å². The van der Waals surface area contributed by atoms with Gasteiger partial charge in [0.25, 0.3) is 5.69 Å². The van der Waals surface area contributed by atoms with Gasteiger partial charge in [0, 0.05) is 49.5 Å². The highest BCUT2D eigenvalue weighted by molar-refractivity contribution is 6.00. The fraction of sp³-hybridized carbons (Fsp3) is 0.448. The number of H-pyrrole nitrogens is 1. The molecule has 260 valence electrons. The van der Waals surface area contributed by atoms with Crippen molar-refractivity contribution in [1.82, 2.24) is 31.2 Å². The van der Waals surface area contributed by atoms with Crippen molar-refractivity contribution >= 4 is 52.8 Å². The molecule has 1 aromatic carbocycles. The predicted octanol–water partition coefficient (Wildman–Crippen LogP) is -0.156. The molecule has 0 bridgehead atoms. The number of imidazole rings is 1. The molecule has 2 rings (SSSR count). The topological polar surface area (TPSA) is 292 Å². The predicted molar refractivity (Wildman–Crippen MR) is 166 cm³/mol. The molecule has 48 heavy (non-hydrogen) atoms.